The Morgan fingerprint density at radius 1 is 1.75 bits per heavy atom. The minimum absolute atomic E-state index is 0.713. The van der Waals surface area contributed by atoms with Gasteiger partial charge in [0.2, 0.25) is 0 Å². The summed E-state index contributed by atoms with van der Waals surface area (Å²) in [4.78, 5) is 0. The van der Waals surface area contributed by atoms with E-state index >= 15 is 0 Å². The Balaban J connectivity index is 2.72. The maximum atomic E-state index is 5.39. The van der Waals surface area contributed by atoms with Gasteiger partial charge in [0.05, 0.1) is 7.85 Å². The predicted octanol–water partition coefficient (Wildman–Crippen LogP) is 1.85. The van der Waals surface area contributed by atoms with Crippen molar-refractivity contribution in [1.82, 2.24) is 0 Å². The molecule has 1 rings (SSSR count). The standard InChI is InChI=1S/C7H9B/c1-5-3-7(4-8)6(5)2/h1,3-4H2,2H3. The van der Waals surface area contributed by atoms with Crippen LogP contribution in [0.5, 0.6) is 0 Å². The van der Waals surface area contributed by atoms with E-state index in [-0.39, 0.29) is 0 Å². The molecule has 8 heavy (non-hydrogen) atoms. The molecular weight excluding hydrogens is 94.9 g/mol. The summed E-state index contributed by atoms with van der Waals surface area (Å²) in [5.41, 5.74) is 3.95. The zero-order chi connectivity index (χ0) is 6.15. The summed E-state index contributed by atoms with van der Waals surface area (Å²) in [6, 6.07) is 0. The second-order valence-corrected chi connectivity index (χ2v) is 2.21. The minimum atomic E-state index is 0.713. The van der Waals surface area contributed by atoms with E-state index in [0.717, 1.165) is 6.42 Å². The summed E-state index contributed by atoms with van der Waals surface area (Å²) >= 11 is 0. The molecule has 0 aliphatic heterocycles. The van der Waals surface area contributed by atoms with Crippen LogP contribution in [-0.2, 0) is 0 Å². The average molecular weight is 104 g/mol. The predicted molar refractivity (Wildman–Crippen MR) is 37.0 cm³/mol. The summed E-state index contributed by atoms with van der Waals surface area (Å²) in [6.45, 7) is 5.90. The molecule has 1 aliphatic rings. The molecule has 0 aromatic carbocycles. The summed E-state index contributed by atoms with van der Waals surface area (Å²) in [5.74, 6) is 0. The van der Waals surface area contributed by atoms with Crippen molar-refractivity contribution in [3.8, 4) is 0 Å². The molecular formula is C7H9B. The van der Waals surface area contributed by atoms with Crippen LogP contribution in [0, 0.1) is 0 Å². The first-order valence-electron chi connectivity index (χ1n) is 2.82. The molecule has 40 valence electrons. The van der Waals surface area contributed by atoms with Crippen molar-refractivity contribution in [2.75, 3.05) is 0 Å². The monoisotopic (exact) mass is 104 g/mol. The van der Waals surface area contributed by atoms with Crippen molar-refractivity contribution in [1.29, 1.82) is 0 Å². The lowest BCUT2D eigenvalue weighted by molar-refractivity contribution is 0.984. The fourth-order valence-electron chi connectivity index (χ4n) is 0.891. The van der Waals surface area contributed by atoms with Crippen LogP contribution in [0.15, 0.2) is 23.3 Å². The maximum absolute atomic E-state index is 5.39. The lowest BCUT2D eigenvalue weighted by atomic mass is 9.78. The fraction of sp³-hybridized carbons (Fsp3) is 0.429. The van der Waals surface area contributed by atoms with Crippen molar-refractivity contribution < 1.29 is 0 Å². The van der Waals surface area contributed by atoms with Gasteiger partial charge in [-0.1, -0.05) is 18.5 Å². The smallest absolute Gasteiger partial charge is 0.0712 e. The average Bonchev–Trinajstić information content (AvgIpc) is 1.81. The molecule has 0 N–H and O–H groups in total. The molecule has 0 bridgehead atoms. The van der Waals surface area contributed by atoms with Gasteiger partial charge in [0, 0.05) is 0 Å². The summed E-state index contributed by atoms with van der Waals surface area (Å²) in [7, 11) is 5.39. The highest BCUT2D eigenvalue weighted by Gasteiger charge is 2.13. The van der Waals surface area contributed by atoms with Gasteiger partial charge in [0.1, 0.15) is 0 Å². The van der Waals surface area contributed by atoms with E-state index in [0.29, 0.717) is 6.32 Å². The molecule has 2 radical (unpaired) electrons. The molecule has 0 aromatic heterocycles. The van der Waals surface area contributed by atoms with Gasteiger partial charge in [-0.2, -0.15) is 0 Å². The van der Waals surface area contributed by atoms with Crippen LogP contribution in [0.25, 0.3) is 0 Å². The zero-order valence-corrected chi connectivity index (χ0v) is 5.20. The van der Waals surface area contributed by atoms with Gasteiger partial charge < -0.3 is 0 Å². The van der Waals surface area contributed by atoms with Crippen molar-refractivity contribution in [3.63, 3.8) is 0 Å². The lowest BCUT2D eigenvalue weighted by Gasteiger charge is -2.22. The van der Waals surface area contributed by atoms with Crippen LogP contribution in [0.1, 0.15) is 13.3 Å². The molecule has 0 aromatic rings. The SMILES string of the molecule is [B]CC1=C(C)C(=C)C1. The third-order valence-electron chi connectivity index (χ3n) is 1.73. The molecule has 0 fully saturated rings. The van der Waals surface area contributed by atoms with Crippen LogP contribution in [-0.4, -0.2) is 7.85 Å². The molecule has 0 amide bonds. The van der Waals surface area contributed by atoms with E-state index in [1.165, 1.54) is 16.7 Å². The minimum Gasteiger partial charge on any atom is -0.0952 e. The number of rotatable bonds is 1. The Labute approximate surface area is 51.7 Å². The van der Waals surface area contributed by atoms with Crippen molar-refractivity contribution in [3.05, 3.63) is 23.3 Å². The van der Waals surface area contributed by atoms with E-state index in [1.807, 2.05) is 0 Å². The highest BCUT2D eigenvalue weighted by molar-refractivity contribution is 6.10. The topological polar surface area (TPSA) is 0 Å². The Hall–Kier alpha value is -0.455. The molecule has 0 saturated heterocycles. The van der Waals surface area contributed by atoms with Crippen molar-refractivity contribution in [2.24, 2.45) is 0 Å². The third-order valence-corrected chi connectivity index (χ3v) is 1.73. The van der Waals surface area contributed by atoms with Gasteiger partial charge in [-0.25, -0.2) is 0 Å². The highest BCUT2D eigenvalue weighted by Crippen LogP contribution is 2.33. The quantitative estimate of drug-likeness (QED) is 0.445. The van der Waals surface area contributed by atoms with E-state index in [1.54, 1.807) is 0 Å². The molecule has 0 nitrogen and oxygen atoms in total. The van der Waals surface area contributed by atoms with Gasteiger partial charge >= 0.3 is 0 Å². The second-order valence-electron chi connectivity index (χ2n) is 2.21. The van der Waals surface area contributed by atoms with E-state index in [2.05, 4.69) is 13.5 Å². The largest absolute Gasteiger partial charge is 0.0952 e. The Kier molecular flexibility index (Phi) is 1.28. The van der Waals surface area contributed by atoms with Gasteiger partial charge in [-0.3, -0.25) is 0 Å². The number of allylic oxidation sites excluding steroid dienone is 3. The lowest BCUT2D eigenvalue weighted by Crippen LogP contribution is -2.03. The molecule has 1 aliphatic carbocycles. The number of hydrogen-bond acceptors (Lipinski definition) is 0. The van der Waals surface area contributed by atoms with Gasteiger partial charge in [-0.05, 0) is 24.5 Å². The van der Waals surface area contributed by atoms with E-state index < -0.39 is 0 Å². The molecule has 0 spiro atoms. The van der Waals surface area contributed by atoms with E-state index in [9.17, 15) is 0 Å². The first kappa shape index (κ1) is 5.68. The fourth-order valence-corrected chi connectivity index (χ4v) is 0.891. The molecule has 0 saturated carbocycles. The molecule has 0 heterocycles. The summed E-state index contributed by atoms with van der Waals surface area (Å²) in [5, 5.41) is 0. The van der Waals surface area contributed by atoms with Crippen LogP contribution < -0.4 is 0 Å². The maximum Gasteiger partial charge on any atom is 0.0712 e. The Morgan fingerprint density at radius 2 is 2.38 bits per heavy atom. The Morgan fingerprint density at radius 3 is 2.50 bits per heavy atom. The molecule has 0 atom stereocenters. The van der Waals surface area contributed by atoms with Crippen molar-refractivity contribution >= 4 is 7.85 Å². The second kappa shape index (κ2) is 1.81. The third kappa shape index (κ3) is 0.624. The number of hydrogen-bond donors (Lipinski definition) is 0. The molecule has 1 heteroatoms. The van der Waals surface area contributed by atoms with Crippen LogP contribution in [0.4, 0.5) is 0 Å². The summed E-state index contributed by atoms with van der Waals surface area (Å²) in [6.07, 6.45) is 1.76. The van der Waals surface area contributed by atoms with E-state index in [4.69, 9.17) is 7.85 Å². The molecule has 0 unspecified atom stereocenters. The highest BCUT2D eigenvalue weighted by atomic mass is 14.2. The van der Waals surface area contributed by atoms with Crippen molar-refractivity contribution in [2.45, 2.75) is 19.7 Å². The van der Waals surface area contributed by atoms with Crippen LogP contribution in [0.2, 0.25) is 6.32 Å². The normalized spacial score (nSPS) is 18.9. The van der Waals surface area contributed by atoms with Crippen LogP contribution in [0.3, 0.4) is 0 Å². The summed E-state index contributed by atoms with van der Waals surface area (Å²) < 4.78 is 0. The van der Waals surface area contributed by atoms with Crippen LogP contribution >= 0.6 is 0 Å². The first-order chi connectivity index (χ1) is 3.75. The Bertz CT molecular complexity index is 154. The van der Waals surface area contributed by atoms with Gasteiger partial charge in [-0.15, -0.1) is 0 Å². The van der Waals surface area contributed by atoms with Gasteiger partial charge in [0.15, 0.2) is 0 Å². The van der Waals surface area contributed by atoms with Gasteiger partial charge in [0.25, 0.3) is 0 Å². The zero-order valence-electron chi connectivity index (χ0n) is 5.20. The first-order valence-corrected chi connectivity index (χ1v) is 2.82.